The van der Waals surface area contributed by atoms with E-state index in [1.165, 1.54) is 11.8 Å². The predicted octanol–water partition coefficient (Wildman–Crippen LogP) is 4.50. The molecule has 6 nitrogen and oxygen atoms in total. The van der Waals surface area contributed by atoms with Gasteiger partial charge in [-0.3, -0.25) is 4.79 Å². The molecule has 152 valence electrons. The second kappa shape index (κ2) is 10.3. The Morgan fingerprint density at radius 3 is 2.62 bits per heavy atom. The molecule has 1 atom stereocenters. The van der Waals surface area contributed by atoms with Crippen molar-refractivity contribution in [1.82, 2.24) is 20.1 Å². The zero-order chi connectivity index (χ0) is 20.6. The minimum atomic E-state index is -0.330. The number of aromatic nitrogens is 3. The van der Waals surface area contributed by atoms with Gasteiger partial charge in [0.15, 0.2) is 17.1 Å². The van der Waals surface area contributed by atoms with E-state index >= 15 is 0 Å². The molecule has 0 spiro atoms. The molecule has 29 heavy (non-hydrogen) atoms. The third-order valence-corrected chi connectivity index (χ3v) is 5.51. The highest BCUT2D eigenvalue weighted by atomic mass is 35.5. The quantitative estimate of drug-likeness (QED) is 0.506. The summed E-state index contributed by atoms with van der Waals surface area (Å²) in [5.74, 6) is 1.51. The van der Waals surface area contributed by atoms with Crippen molar-refractivity contribution in [2.75, 3.05) is 5.75 Å². The number of para-hydroxylation sites is 1. The molecule has 0 radical (unpaired) electrons. The fraction of sp³-hybridized carbons (Fsp3) is 0.286. The lowest BCUT2D eigenvalue weighted by Crippen LogP contribution is -2.24. The second-order valence-electron chi connectivity index (χ2n) is 6.33. The first-order valence-corrected chi connectivity index (χ1v) is 10.7. The van der Waals surface area contributed by atoms with Crippen molar-refractivity contribution >= 4 is 29.3 Å². The lowest BCUT2D eigenvalue weighted by Gasteiger charge is -2.16. The predicted molar refractivity (Wildman–Crippen MR) is 115 cm³/mol. The molecule has 1 aromatic heterocycles. The summed E-state index contributed by atoms with van der Waals surface area (Å²) in [6, 6.07) is 17.1. The van der Waals surface area contributed by atoms with E-state index in [2.05, 4.69) is 15.5 Å². The van der Waals surface area contributed by atoms with Gasteiger partial charge in [0.25, 0.3) is 0 Å². The number of hydrogen-bond donors (Lipinski definition) is 1. The molecule has 8 heteroatoms. The number of nitrogens with one attached hydrogen (secondary N) is 1. The van der Waals surface area contributed by atoms with E-state index < -0.39 is 0 Å². The number of carbonyl (C=O) groups is 1. The Morgan fingerprint density at radius 2 is 1.90 bits per heavy atom. The molecule has 0 aliphatic heterocycles. The number of ether oxygens (including phenoxy) is 1. The van der Waals surface area contributed by atoms with Gasteiger partial charge < -0.3 is 14.6 Å². The molecule has 0 unspecified atom stereocenters. The number of amides is 1. The number of carbonyl (C=O) groups excluding carboxylic acids is 1. The lowest BCUT2D eigenvalue weighted by atomic mass is 10.2. The standard InChI is InChI=1S/C21H23ClN4O2S/c1-3-26-20(15(2)28-18-12-8-7-11-17(18)22)24-25-21(26)29-14-19(27)23-13-16-9-5-4-6-10-16/h4-12,15H,3,13-14H2,1-2H3,(H,23,27)/t15-/m1/s1. The van der Waals surface area contributed by atoms with Gasteiger partial charge in [-0.15, -0.1) is 10.2 Å². The van der Waals surface area contributed by atoms with Crippen molar-refractivity contribution in [2.45, 2.75) is 38.2 Å². The molecule has 0 saturated heterocycles. The maximum Gasteiger partial charge on any atom is 0.230 e. The van der Waals surface area contributed by atoms with Gasteiger partial charge in [-0.1, -0.05) is 65.8 Å². The maximum atomic E-state index is 12.2. The van der Waals surface area contributed by atoms with Crippen LogP contribution >= 0.6 is 23.4 Å². The first kappa shape index (κ1) is 21.2. The molecule has 3 rings (SSSR count). The highest BCUT2D eigenvalue weighted by Crippen LogP contribution is 2.29. The Kier molecular flexibility index (Phi) is 7.55. The first-order chi connectivity index (χ1) is 14.1. The molecule has 0 fully saturated rings. The number of benzene rings is 2. The number of halogens is 1. The zero-order valence-electron chi connectivity index (χ0n) is 16.3. The van der Waals surface area contributed by atoms with Gasteiger partial charge in [-0.05, 0) is 31.5 Å². The third-order valence-electron chi connectivity index (χ3n) is 4.23. The average Bonchev–Trinajstić information content (AvgIpc) is 3.16. The van der Waals surface area contributed by atoms with E-state index in [1.54, 1.807) is 6.07 Å². The van der Waals surface area contributed by atoms with Crippen molar-refractivity contribution in [2.24, 2.45) is 0 Å². The SMILES string of the molecule is CCn1c(SCC(=O)NCc2ccccc2)nnc1[C@@H](C)Oc1ccccc1Cl. The molecule has 0 saturated carbocycles. The summed E-state index contributed by atoms with van der Waals surface area (Å²) in [4.78, 5) is 12.2. The van der Waals surface area contributed by atoms with Crippen LogP contribution in [-0.4, -0.2) is 26.4 Å². The normalized spacial score (nSPS) is 11.8. The number of thioether (sulfide) groups is 1. The van der Waals surface area contributed by atoms with Crippen molar-refractivity contribution in [3.63, 3.8) is 0 Å². The van der Waals surface area contributed by atoms with Crippen LogP contribution in [0.5, 0.6) is 5.75 Å². The fourth-order valence-electron chi connectivity index (χ4n) is 2.77. The van der Waals surface area contributed by atoms with E-state index in [9.17, 15) is 4.79 Å². The molecule has 0 bridgehead atoms. The monoisotopic (exact) mass is 430 g/mol. The van der Waals surface area contributed by atoms with Gasteiger partial charge in [0, 0.05) is 13.1 Å². The summed E-state index contributed by atoms with van der Waals surface area (Å²) in [5.41, 5.74) is 1.07. The Labute approximate surface area is 179 Å². The largest absolute Gasteiger partial charge is 0.481 e. The van der Waals surface area contributed by atoms with Gasteiger partial charge in [0.1, 0.15) is 5.75 Å². The van der Waals surface area contributed by atoms with Crippen LogP contribution < -0.4 is 10.1 Å². The summed E-state index contributed by atoms with van der Waals surface area (Å²) in [6.07, 6.45) is -0.330. The Morgan fingerprint density at radius 1 is 1.17 bits per heavy atom. The van der Waals surface area contributed by atoms with Gasteiger partial charge in [-0.2, -0.15) is 0 Å². The maximum absolute atomic E-state index is 12.2. The van der Waals surface area contributed by atoms with Gasteiger partial charge in [0.2, 0.25) is 5.91 Å². The minimum absolute atomic E-state index is 0.0496. The molecular weight excluding hydrogens is 408 g/mol. The van der Waals surface area contributed by atoms with E-state index in [1.807, 2.05) is 66.9 Å². The van der Waals surface area contributed by atoms with Gasteiger partial charge in [-0.25, -0.2) is 0 Å². The fourth-order valence-corrected chi connectivity index (χ4v) is 3.79. The Balaban J connectivity index is 1.58. The van der Waals surface area contributed by atoms with Crippen molar-refractivity contribution in [3.8, 4) is 5.75 Å². The van der Waals surface area contributed by atoms with Crippen LogP contribution in [0.1, 0.15) is 31.3 Å². The highest BCUT2D eigenvalue weighted by molar-refractivity contribution is 7.99. The van der Waals surface area contributed by atoms with Crippen LogP contribution in [0.2, 0.25) is 5.02 Å². The second-order valence-corrected chi connectivity index (χ2v) is 7.68. The molecule has 1 heterocycles. The Bertz CT molecular complexity index is 949. The van der Waals surface area contributed by atoms with Crippen LogP contribution in [0.3, 0.4) is 0 Å². The summed E-state index contributed by atoms with van der Waals surface area (Å²) in [7, 11) is 0. The summed E-state index contributed by atoms with van der Waals surface area (Å²) >= 11 is 7.54. The summed E-state index contributed by atoms with van der Waals surface area (Å²) in [6.45, 7) is 5.09. The van der Waals surface area contributed by atoms with Crippen LogP contribution in [0.4, 0.5) is 0 Å². The highest BCUT2D eigenvalue weighted by Gasteiger charge is 2.20. The van der Waals surface area contributed by atoms with E-state index in [4.69, 9.17) is 16.3 Å². The average molecular weight is 431 g/mol. The smallest absolute Gasteiger partial charge is 0.230 e. The van der Waals surface area contributed by atoms with E-state index in [0.29, 0.717) is 34.8 Å². The molecule has 0 aliphatic rings. The van der Waals surface area contributed by atoms with Crippen LogP contribution in [-0.2, 0) is 17.9 Å². The van der Waals surface area contributed by atoms with Gasteiger partial charge >= 0.3 is 0 Å². The van der Waals surface area contributed by atoms with Crippen LogP contribution in [0.15, 0.2) is 59.8 Å². The van der Waals surface area contributed by atoms with E-state index in [0.717, 1.165) is 5.56 Å². The van der Waals surface area contributed by atoms with Crippen molar-refractivity contribution < 1.29 is 9.53 Å². The number of nitrogens with zero attached hydrogens (tertiary/aromatic N) is 3. The zero-order valence-corrected chi connectivity index (χ0v) is 17.9. The lowest BCUT2D eigenvalue weighted by molar-refractivity contribution is -0.118. The number of rotatable bonds is 9. The number of hydrogen-bond acceptors (Lipinski definition) is 5. The topological polar surface area (TPSA) is 69.0 Å². The molecule has 1 N–H and O–H groups in total. The van der Waals surface area contributed by atoms with Crippen LogP contribution in [0.25, 0.3) is 0 Å². The third kappa shape index (κ3) is 5.74. The van der Waals surface area contributed by atoms with Crippen molar-refractivity contribution in [3.05, 3.63) is 71.0 Å². The molecule has 1 amide bonds. The van der Waals surface area contributed by atoms with Gasteiger partial charge in [0.05, 0.1) is 10.8 Å². The summed E-state index contributed by atoms with van der Waals surface area (Å²) < 4.78 is 7.91. The Hall–Kier alpha value is -2.51. The summed E-state index contributed by atoms with van der Waals surface area (Å²) in [5, 5.41) is 12.7. The molecular formula is C21H23ClN4O2S. The minimum Gasteiger partial charge on any atom is -0.481 e. The first-order valence-electron chi connectivity index (χ1n) is 9.36. The molecule has 0 aliphatic carbocycles. The molecule has 3 aromatic rings. The van der Waals surface area contributed by atoms with E-state index in [-0.39, 0.29) is 17.8 Å². The molecule has 2 aromatic carbocycles. The van der Waals surface area contributed by atoms with Crippen molar-refractivity contribution in [1.29, 1.82) is 0 Å². The van der Waals surface area contributed by atoms with Crippen LogP contribution in [0, 0.1) is 0 Å².